The maximum absolute atomic E-state index is 5.75. The van der Waals surface area contributed by atoms with Gasteiger partial charge in [-0.25, -0.2) is 0 Å². The van der Waals surface area contributed by atoms with Crippen LogP contribution in [0.4, 0.5) is 0 Å². The van der Waals surface area contributed by atoms with Gasteiger partial charge in [0.05, 0.1) is 19.3 Å². The van der Waals surface area contributed by atoms with Crippen LogP contribution in [0, 0.1) is 6.92 Å². The van der Waals surface area contributed by atoms with Crippen molar-refractivity contribution < 1.29 is 9.15 Å². The Balaban J connectivity index is 1.48. The van der Waals surface area contributed by atoms with E-state index in [0.717, 1.165) is 54.7 Å². The summed E-state index contributed by atoms with van der Waals surface area (Å²) in [6.07, 6.45) is 4.39. The summed E-state index contributed by atoms with van der Waals surface area (Å²) in [7, 11) is 1.75. The number of rotatable bonds is 8. The maximum Gasteiger partial charge on any atom is 0.152 e. The van der Waals surface area contributed by atoms with Gasteiger partial charge in [-0.05, 0) is 51.1 Å². The molecule has 1 aromatic carbocycles. The van der Waals surface area contributed by atoms with Crippen molar-refractivity contribution in [3.05, 3.63) is 59.5 Å². The second-order valence-electron chi connectivity index (χ2n) is 7.31. The molecular formula is C22H28N4O2. The van der Waals surface area contributed by atoms with E-state index >= 15 is 0 Å². The lowest BCUT2D eigenvalue weighted by atomic mass is 10.0. The molecule has 0 spiro atoms. The Morgan fingerprint density at radius 1 is 1.21 bits per heavy atom. The highest BCUT2D eigenvalue weighted by Gasteiger charge is 2.25. The number of hydrogen-bond acceptors (Lipinski definition) is 5. The lowest BCUT2D eigenvalue weighted by molar-refractivity contribution is 0.232. The standard InChI is InChI=1S/C22H28N4O2/c1-16-9-10-21(28-16)22-17(14-24-25-22)13-23-15-19(26-11-5-6-12-26)18-7-3-4-8-20(18)27-2/h3-4,7-10,14,19,23H,5-6,11-13,15H2,1-2H3,(H,24,25). The van der Waals surface area contributed by atoms with Crippen LogP contribution >= 0.6 is 0 Å². The largest absolute Gasteiger partial charge is 0.496 e. The number of methoxy groups -OCH3 is 1. The Morgan fingerprint density at radius 2 is 2.04 bits per heavy atom. The second kappa shape index (κ2) is 8.63. The monoisotopic (exact) mass is 380 g/mol. The fourth-order valence-corrected chi connectivity index (χ4v) is 4.00. The SMILES string of the molecule is COc1ccccc1C(CNCc1cn[nH]c1-c1ccc(C)o1)N1CCCC1. The summed E-state index contributed by atoms with van der Waals surface area (Å²) in [5, 5.41) is 10.9. The van der Waals surface area contributed by atoms with Crippen LogP contribution in [0.5, 0.6) is 5.75 Å². The summed E-state index contributed by atoms with van der Waals surface area (Å²) >= 11 is 0. The number of hydrogen-bond donors (Lipinski definition) is 2. The zero-order valence-corrected chi connectivity index (χ0v) is 16.6. The van der Waals surface area contributed by atoms with Gasteiger partial charge >= 0.3 is 0 Å². The van der Waals surface area contributed by atoms with E-state index in [0.29, 0.717) is 6.04 Å². The molecule has 0 saturated carbocycles. The summed E-state index contributed by atoms with van der Waals surface area (Å²) in [5.74, 6) is 2.68. The van der Waals surface area contributed by atoms with E-state index in [1.165, 1.54) is 18.4 Å². The number of nitrogens with zero attached hydrogens (tertiary/aromatic N) is 2. The molecule has 148 valence electrons. The van der Waals surface area contributed by atoms with E-state index in [2.05, 4.69) is 32.5 Å². The van der Waals surface area contributed by atoms with Gasteiger partial charge in [-0.3, -0.25) is 10.00 Å². The van der Waals surface area contributed by atoms with Crippen LogP contribution in [0.2, 0.25) is 0 Å². The molecule has 1 fully saturated rings. The molecule has 3 heterocycles. The minimum atomic E-state index is 0.292. The molecular weight excluding hydrogens is 352 g/mol. The van der Waals surface area contributed by atoms with Gasteiger partial charge in [-0.15, -0.1) is 0 Å². The molecule has 2 N–H and O–H groups in total. The fourth-order valence-electron chi connectivity index (χ4n) is 4.00. The van der Waals surface area contributed by atoms with Crippen LogP contribution < -0.4 is 10.1 Å². The highest BCUT2D eigenvalue weighted by molar-refractivity contribution is 5.56. The molecule has 6 heteroatoms. The number of aryl methyl sites for hydroxylation is 1. The first kappa shape index (κ1) is 18.8. The first-order chi connectivity index (χ1) is 13.8. The number of furan rings is 1. The van der Waals surface area contributed by atoms with Crippen LogP contribution in [-0.2, 0) is 6.54 Å². The smallest absolute Gasteiger partial charge is 0.152 e. The van der Waals surface area contributed by atoms with Gasteiger partial charge in [0.15, 0.2) is 5.76 Å². The van der Waals surface area contributed by atoms with Crippen LogP contribution in [0.3, 0.4) is 0 Å². The predicted molar refractivity (Wildman–Crippen MR) is 109 cm³/mol. The Bertz CT molecular complexity index is 895. The predicted octanol–water partition coefficient (Wildman–Crippen LogP) is 3.91. The number of para-hydroxylation sites is 1. The zero-order valence-electron chi connectivity index (χ0n) is 16.6. The van der Waals surface area contributed by atoms with Gasteiger partial charge in [0.2, 0.25) is 0 Å². The van der Waals surface area contributed by atoms with E-state index in [-0.39, 0.29) is 0 Å². The molecule has 0 radical (unpaired) electrons. The molecule has 0 bridgehead atoms. The third-order valence-corrected chi connectivity index (χ3v) is 5.44. The number of aromatic nitrogens is 2. The van der Waals surface area contributed by atoms with E-state index in [4.69, 9.17) is 9.15 Å². The van der Waals surface area contributed by atoms with Crippen LogP contribution in [0.15, 0.2) is 47.0 Å². The normalized spacial score (nSPS) is 15.8. The van der Waals surface area contributed by atoms with Crippen molar-refractivity contribution in [2.75, 3.05) is 26.7 Å². The highest BCUT2D eigenvalue weighted by Crippen LogP contribution is 2.31. The molecule has 3 aromatic rings. The lowest BCUT2D eigenvalue weighted by Gasteiger charge is -2.29. The molecule has 0 amide bonds. The third kappa shape index (κ3) is 3.98. The molecule has 4 rings (SSSR count). The van der Waals surface area contributed by atoms with Gasteiger partial charge in [0.1, 0.15) is 17.2 Å². The highest BCUT2D eigenvalue weighted by atomic mass is 16.5. The summed E-state index contributed by atoms with van der Waals surface area (Å²) in [6.45, 7) is 5.79. The van der Waals surface area contributed by atoms with E-state index in [9.17, 15) is 0 Å². The van der Waals surface area contributed by atoms with Gasteiger partial charge in [-0.2, -0.15) is 5.10 Å². The average Bonchev–Trinajstić information content (AvgIpc) is 3.47. The van der Waals surface area contributed by atoms with Crippen molar-refractivity contribution in [2.24, 2.45) is 0 Å². The van der Waals surface area contributed by atoms with Gasteiger partial charge < -0.3 is 14.5 Å². The molecule has 1 saturated heterocycles. The molecule has 6 nitrogen and oxygen atoms in total. The van der Waals surface area contributed by atoms with Crippen molar-refractivity contribution in [1.82, 2.24) is 20.4 Å². The first-order valence-corrected chi connectivity index (χ1v) is 9.93. The van der Waals surface area contributed by atoms with Gasteiger partial charge in [0, 0.05) is 24.2 Å². The van der Waals surface area contributed by atoms with Crippen LogP contribution in [0.25, 0.3) is 11.5 Å². The number of H-pyrrole nitrogens is 1. The fraction of sp³-hybridized carbons (Fsp3) is 0.409. The number of likely N-dealkylation sites (tertiary alicyclic amines) is 1. The average molecular weight is 380 g/mol. The number of benzene rings is 1. The third-order valence-electron chi connectivity index (χ3n) is 5.44. The summed E-state index contributed by atoms with van der Waals surface area (Å²) in [5.41, 5.74) is 3.29. The zero-order chi connectivity index (χ0) is 19.3. The summed E-state index contributed by atoms with van der Waals surface area (Å²) in [4.78, 5) is 2.55. The minimum Gasteiger partial charge on any atom is -0.496 e. The maximum atomic E-state index is 5.75. The summed E-state index contributed by atoms with van der Waals surface area (Å²) in [6, 6.07) is 12.6. The summed E-state index contributed by atoms with van der Waals surface area (Å²) < 4.78 is 11.4. The Morgan fingerprint density at radius 3 is 2.79 bits per heavy atom. The van der Waals surface area contributed by atoms with Gasteiger partial charge in [-0.1, -0.05) is 18.2 Å². The molecule has 2 aromatic heterocycles. The lowest BCUT2D eigenvalue weighted by Crippen LogP contribution is -2.34. The van der Waals surface area contributed by atoms with Crippen molar-refractivity contribution in [1.29, 1.82) is 0 Å². The quantitative estimate of drug-likeness (QED) is 0.620. The van der Waals surface area contributed by atoms with Crippen LogP contribution in [0.1, 0.15) is 35.8 Å². The van der Waals surface area contributed by atoms with Crippen molar-refractivity contribution >= 4 is 0 Å². The van der Waals surface area contributed by atoms with E-state index in [1.54, 1.807) is 7.11 Å². The molecule has 1 aliphatic rings. The second-order valence-corrected chi connectivity index (χ2v) is 7.31. The number of ether oxygens (including phenoxy) is 1. The van der Waals surface area contributed by atoms with Crippen LogP contribution in [-0.4, -0.2) is 41.8 Å². The molecule has 1 atom stereocenters. The van der Waals surface area contributed by atoms with Gasteiger partial charge in [0.25, 0.3) is 0 Å². The van der Waals surface area contributed by atoms with E-state index in [1.807, 2.05) is 37.4 Å². The molecule has 1 unspecified atom stereocenters. The Hall–Kier alpha value is -2.57. The minimum absolute atomic E-state index is 0.292. The van der Waals surface area contributed by atoms with Crippen molar-refractivity contribution in [3.8, 4) is 17.2 Å². The molecule has 0 aliphatic carbocycles. The van der Waals surface area contributed by atoms with E-state index < -0.39 is 0 Å². The molecule has 28 heavy (non-hydrogen) atoms. The van der Waals surface area contributed by atoms with Crippen molar-refractivity contribution in [3.63, 3.8) is 0 Å². The Labute approximate surface area is 165 Å². The number of aromatic amines is 1. The Kier molecular flexibility index (Phi) is 5.78. The topological polar surface area (TPSA) is 66.3 Å². The van der Waals surface area contributed by atoms with Crippen molar-refractivity contribution in [2.45, 2.75) is 32.4 Å². The first-order valence-electron chi connectivity index (χ1n) is 9.93. The molecule has 1 aliphatic heterocycles. The number of nitrogens with one attached hydrogen (secondary N) is 2.